The predicted octanol–water partition coefficient (Wildman–Crippen LogP) is 2.83. The van der Waals surface area contributed by atoms with Crippen LogP contribution in [0.25, 0.3) is 0 Å². The third-order valence-corrected chi connectivity index (χ3v) is 4.72. The summed E-state index contributed by atoms with van der Waals surface area (Å²) >= 11 is 0. The Morgan fingerprint density at radius 2 is 1.83 bits per heavy atom. The van der Waals surface area contributed by atoms with Gasteiger partial charge in [0.2, 0.25) is 0 Å². The molecule has 3 atom stereocenters. The number of aliphatic hydroxyl groups is 1. The van der Waals surface area contributed by atoms with Gasteiger partial charge in [0.15, 0.2) is 0 Å². The molecule has 1 aliphatic rings. The molecule has 12 heavy (non-hydrogen) atoms. The van der Waals surface area contributed by atoms with E-state index in [-0.39, 0.29) is 16.9 Å². The molecule has 0 aliphatic heterocycles. The summed E-state index contributed by atoms with van der Waals surface area (Å²) < 4.78 is 0. The van der Waals surface area contributed by atoms with Gasteiger partial charge in [-0.3, -0.25) is 0 Å². The third-order valence-electron chi connectivity index (χ3n) is 4.72. The van der Waals surface area contributed by atoms with Crippen LogP contribution in [0.15, 0.2) is 0 Å². The normalized spacial score (nSPS) is 43.0. The van der Waals surface area contributed by atoms with Crippen molar-refractivity contribution in [1.82, 2.24) is 0 Å². The highest BCUT2D eigenvalue weighted by atomic mass is 16.3. The molecule has 1 heteroatoms. The fourth-order valence-electron chi connectivity index (χ4n) is 2.51. The predicted molar refractivity (Wildman–Crippen MR) is 52.0 cm³/mol. The summed E-state index contributed by atoms with van der Waals surface area (Å²) in [6, 6.07) is 0. The highest BCUT2D eigenvalue weighted by Crippen LogP contribution is 2.57. The van der Waals surface area contributed by atoms with E-state index in [9.17, 15) is 5.11 Å². The van der Waals surface area contributed by atoms with Crippen molar-refractivity contribution in [3.8, 4) is 0 Å². The van der Waals surface area contributed by atoms with Crippen LogP contribution < -0.4 is 0 Å². The number of rotatable bonds is 1. The first kappa shape index (κ1) is 10.0. The molecule has 0 saturated heterocycles. The summed E-state index contributed by atoms with van der Waals surface area (Å²) in [5, 5.41) is 9.76. The molecule has 1 saturated carbocycles. The van der Waals surface area contributed by atoms with Crippen molar-refractivity contribution in [2.24, 2.45) is 16.7 Å². The number of aliphatic hydroxyl groups excluding tert-OH is 1. The van der Waals surface area contributed by atoms with Crippen LogP contribution in [0.5, 0.6) is 0 Å². The van der Waals surface area contributed by atoms with Crippen molar-refractivity contribution in [2.45, 2.75) is 53.6 Å². The third kappa shape index (κ3) is 1.10. The molecule has 72 valence electrons. The van der Waals surface area contributed by atoms with Crippen LogP contribution >= 0.6 is 0 Å². The van der Waals surface area contributed by atoms with E-state index >= 15 is 0 Å². The molecule has 0 aromatic heterocycles. The van der Waals surface area contributed by atoms with Gasteiger partial charge < -0.3 is 5.11 Å². The van der Waals surface area contributed by atoms with Crippen LogP contribution in [-0.2, 0) is 0 Å². The average molecular weight is 170 g/mol. The molecule has 0 radical (unpaired) electrons. The van der Waals surface area contributed by atoms with Crippen LogP contribution in [-0.4, -0.2) is 11.2 Å². The Morgan fingerprint density at radius 3 is 2.00 bits per heavy atom. The molecule has 1 rings (SSSR count). The lowest BCUT2D eigenvalue weighted by Crippen LogP contribution is -2.41. The van der Waals surface area contributed by atoms with Crippen molar-refractivity contribution >= 4 is 0 Å². The lowest BCUT2D eigenvalue weighted by atomic mass is 9.63. The standard InChI is InChI=1S/C11H22O/c1-8-6-7-11(5,9(2)12)10(8,3)4/h8-9,12H,6-7H2,1-5H3. The molecular formula is C11H22O. The molecule has 1 aliphatic carbocycles. The summed E-state index contributed by atoms with van der Waals surface area (Å²) in [5.74, 6) is 0.733. The van der Waals surface area contributed by atoms with E-state index in [0.29, 0.717) is 0 Å². The fourth-order valence-corrected chi connectivity index (χ4v) is 2.51. The van der Waals surface area contributed by atoms with E-state index in [0.717, 1.165) is 5.92 Å². The molecular weight excluding hydrogens is 148 g/mol. The van der Waals surface area contributed by atoms with Crippen LogP contribution in [0.3, 0.4) is 0 Å². The first-order chi connectivity index (χ1) is 5.32. The Morgan fingerprint density at radius 1 is 1.33 bits per heavy atom. The van der Waals surface area contributed by atoms with Gasteiger partial charge in [-0.1, -0.05) is 27.7 Å². The van der Waals surface area contributed by atoms with Crippen molar-refractivity contribution in [1.29, 1.82) is 0 Å². The second-order valence-corrected chi connectivity index (χ2v) is 5.25. The highest BCUT2D eigenvalue weighted by Gasteiger charge is 2.51. The van der Waals surface area contributed by atoms with Crippen LogP contribution in [0, 0.1) is 16.7 Å². The maximum atomic E-state index is 9.76. The van der Waals surface area contributed by atoms with Gasteiger partial charge in [-0.15, -0.1) is 0 Å². The van der Waals surface area contributed by atoms with Gasteiger partial charge in [0.1, 0.15) is 0 Å². The molecule has 3 unspecified atom stereocenters. The van der Waals surface area contributed by atoms with Crippen molar-refractivity contribution in [3.05, 3.63) is 0 Å². The van der Waals surface area contributed by atoms with Gasteiger partial charge in [-0.2, -0.15) is 0 Å². The zero-order valence-corrected chi connectivity index (χ0v) is 9.02. The minimum absolute atomic E-state index is 0.117. The highest BCUT2D eigenvalue weighted by molar-refractivity contribution is 5.01. The molecule has 0 amide bonds. The Bertz CT molecular complexity index is 172. The molecule has 1 N–H and O–H groups in total. The van der Waals surface area contributed by atoms with Gasteiger partial charge in [0, 0.05) is 0 Å². The van der Waals surface area contributed by atoms with E-state index in [1.165, 1.54) is 12.8 Å². The van der Waals surface area contributed by atoms with Gasteiger partial charge >= 0.3 is 0 Å². The zero-order valence-electron chi connectivity index (χ0n) is 9.02. The van der Waals surface area contributed by atoms with E-state index in [4.69, 9.17) is 0 Å². The van der Waals surface area contributed by atoms with Gasteiger partial charge in [0.05, 0.1) is 6.10 Å². The van der Waals surface area contributed by atoms with Crippen molar-refractivity contribution in [2.75, 3.05) is 0 Å². The van der Waals surface area contributed by atoms with Gasteiger partial charge in [0.25, 0.3) is 0 Å². The molecule has 0 aromatic rings. The average Bonchev–Trinajstić information content (AvgIpc) is 2.15. The number of hydrogen-bond donors (Lipinski definition) is 1. The number of hydrogen-bond acceptors (Lipinski definition) is 1. The van der Waals surface area contributed by atoms with Crippen molar-refractivity contribution < 1.29 is 5.11 Å². The van der Waals surface area contributed by atoms with Crippen LogP contribution in [0.2, 0.25) is 0 Å². The van der Waals surface area contributed by atoms with Crippen molar-refractivity contribution in [3.63, 3.8) is 0 Å². The summed E-state index contributed by atoms with van der Waals surface area (Å²) in [6.45, 7) is 11.0. The summed E-state index contributed by atoms with van der Waals surface area (Å²) in [4.78, 5) is 0. The van der Waals surface area contributed by atoms with E-state index in [2.05, 4.69) is 27.7 Å². The largest absolute Gasteiger partial charge is 0.393 e. The summed E-state index contributed by atoms with van der Waals surface area (Å²) in [6.07, 6.45) is 2.24. The van der Waals surface area contributed by atoms with Crippen LogP contribution in [0.1, 0.15) is 47.5 Å². The minimum atomic E-state index is -0.183. The smallest absolute Gasteiger partial charge is 0.0570 e. The first-order valence-electron chi connectivity index (χ1n) is 5.00. The Labute approximate surface area is 76.2 Å². The second kappa shape index (κ2) is 2.73. The second-order valence-electron chi connectivity index (χ2n) is 5.25. The molecule has 0 aromatic carbocycles. The quantitative estimate of drug-likeness (QED) is 0.641. The monoisotopic (exact) mass is 170 g/mol. The molecule has 1 fully saturated rings. The Hall–Kier alpha value is -0.0400. The summed E-state index contributed by atoms with van der Waals surface area (Å²) in [5.41, 5.74) is 0.396. The lowest BCUT2D eigenvalue weighted by molar-refractivity contribution is -0.0296. The van der Waals surface area contributed by atoms with Gasteiger partial charge in [-0.25, -0.2) is 0 Å². The topological polar surface area (TPSA) is 20.2 Å². The van der Waals surface area contributed by atoms with E-state index < -0.39 is 0 Å². The Balaban J connectivity index is 2.93. The molecule has 1 nitrogen and oxygen atoms in total. The molecule has 0 spiro atoms. The fraction of sp³-hybridized carbons (Fsp3) is 1.00. The van der Waals surface area contributed by atoms with E-state index in [1.807, 2.05) is 6.92 Å². The molecule has 0 bridgehead atoms. The maximum Gasteiger partial charge on any atom is 0.0570 e. The summed E-state index contributed by atoms with van der Waals surface area (Å²) in [7, 11) is 0. The van der Waals surface area contributed by atoms with Gasteiger partial charge in [-0.05, 0) is 36.5 Å². The molecule has 0 heterocycles. The first-order valence-corrected chi connectivity index (χ1v) is 5.00. The SMILES string of the molecule is CC1CCC(C)(C(C)O)C1(C)C. The minimum Gasteiger partial charge on any atom is -0.393 e. The van der Waals surface area contributed by atoms with Crippen LogP contribution in [0.4, 0.5) is 0 Å². The maximum absolute atomic E-state index is 9.76. The Kier molecular flexibility index (Phi) is 2.28. The lowest BCUT2D eigenvalue weighted by Gasteiger charge is -2.43. The van der Waals surface area contributed by atoms with E-state index in [1.54, 1.807) is 0 Å². The zero-order chi connectivity index (χ0) is 9.57.